The smallest absolute Gasteiger partial charge is 0.299 e. The van der Waals surface area contributed by atoms with E-state index in [2.05, 4.69) is 5.32 Å². The molecule has 0 radical (unpaired) electrons. The highest BCUT2D eigenvalue weighted by molar-refractivity contribution is 7.89. The number of rotatable bonds is 7. The van der Waals surface area contributed by atoms with Gasteiger partial charge in [0.15, 0.2) is 0 Å². The fourth-order valence-electron chi connectivity index (χ4n) is 2.95. The van der Waals surface area contributed by atoms with Crippen LogP contribution in [0.1, 0.15) is 5.56 Å². The summed E-state index contributed by atoms with van der Waals surface area (Å²) in [5.74, 6) is 0. The van der Waals surface area contributed by atoms with Gasteiger partial charge in [-0.1, -0.05) is 18.2 Å². The third-order valence-electron chi connectivity index (χ3n) is 4.42. The molecule has 1 heterocycles. The van der Waals surface area contributed by atoms with E-state index in [-0.39, 0.29) is 30.2 Å². The van der Waals surface area contributed by atoms with E-state index in [1.165, 1.54) is 16.4 Å². The Morgan fingerprint density at radius 3 is 2.38 bits per heavy atom. The van der Waals surface area contributed by atoms with E-state index in [1.54, 1.807) is 18.2 Å². The zero-order valence-corrected chi connectivity index (χ0v) is 16.0. The highest BCUT2D eigenvalue weighted by Gasteiger charge is 2.28. The SMILES string of the molecule is O=[N+]([O-])c1ccc(NCc2ccccc2S(=O)(=O)N2CCOCC2)c([N+](=O)[O-])c1. The van der Waals surface area contributed by atoms with Crippen LogP contribution in [0.4, 0.5) is 17.1 Å². The molecule has 1 N–H and O–H groups in total. The largest absolute Gasteiger partial charge is 0.379 e. The first-order chi connectivity index (χ1) is 13.8. The Morgan fingerprint density at radius 2 is 1.72 bits per heavy atom. The summed E-state index contributed by atoms with van der Waals surface area (Å²) in [5, 5.41) is 24.9. The van der Waals surface area contributed by atoms with Crippen molar-refractivity contribution >= 4 is 27.1 Å². The van der Waals surface area contributed by atoms with Crippen molar-refractivity contribution in [2.24, 2.45) is 0 Å². The summed E-state index contributed by atoms with van der Waals surface area (Å²) in [6.45, 7) is 1.11. The Kier molecular flexibility index (Phi) is 6.06. The number of morpholine rings is 1. The summed E-state index contributed by atoms with van der Waals surface area (Å²) in [7, 11) is -3.75. The number of hydrogen-bond acceptors (Lipinski definition) is 8. The average Bonchev–Trinajstić information content (AvgIpc) is 2.72. The number of anilines is 1. The number of nitrogens with one attached hydrogen (secondary N) is 1. The van der Waals surface area contributed by atoms with E-state index < -0.39 is 31.2 Å². The van der Waals surface area contributed by atoms with Gasteiger partial charge >= 0.3 is 0 Å². The number of nitro benzene ring substituents is 2. The van der Waals surface area contributed by atoms with Gasteiger partial charge in [-0.3, -0.25) is 20.2 Å². The van der Waals surface area contributed by atoms with Crippen LogP contribution in [0.3, 0.4) is 0 Å². The zero-order chi connectivity index (χ0) is 21.0. The van der Waals surface area contributed by atoms with E-state index in [1.807, 2.05) is 0 Å². The summed E-state index contributed by atoms with van der Waals surface area (Å²) >= 11 is 0. The predicted molar refractivity (Wildman–Crippen MR) is 103 cm³/mol. The van der Waals surface area contributed by atoms with Gasteiger partial charge in [0.1, 0.15) is 5.69 Å². The first-order valence-electron chi connectivity index (χ1n) is 8.63. The average molecular weight is 422 g/mol. The third kappa shape index (κ3) is 4.50. The van der Waals surface area contributed by atoms with Crippen LogP contribution >= 0.6 is 0 Å². The van der Waals surface area contributed by atoms with Crippen LogP contribution in [0.2, 0.25) is 0 Å². The number of non-ortho nitro benzene ring substituents is 1. The minimum atomic E-state index is -3.75. The van der Waals surface area contributed by atoms with Crippen molar-refractivity contribution in [2.75, 3.05) is 31.6 Å². The second-order valence-corrected chi connectivity index (χ2v) is 8.10. The van der Waals surface area contributed by atoms with Gasteiger partial charge in [0, 0.05) is 25.7 Å². The summed E-state index contributed by atoms with van der Waals surface area (Å²) < 4.78 is 32.5. The third-order valence-corrected chi connectivity index (χ3v) is 6.42. The highest BCUT2D eigenvalue weighted by atomic mass is 32.2. The maximum Gasteiger partial charge on any atom is 0.299 e. The monoisotopic (exact) mass is 422 g/mol. The van der Waals surface area contributed by atoms with Crippen LogP contribution in [-0.4, -0.2) is 48.9 Å². The number of hydrogen-bond donors (Lipinski definition) is 1. The van der Waals surface area contributed by atoms with Crippen LogP contribution in [0, 0.1) is 20.2 Å². The lowest BCUT2D eigenvalue weighted by Gasteiger charge is -2.27. The molecule has 0 aliphatic carbocycles. The van der Waals surface area contributed by atoms with Crippen molar-refractivity contribution in [3.8, 4) is 0 Å². The molecule has 0 unspecified atom stereocenters. The molecule has 2 aromatic rings. The molecule has 0 atom stereocenters. The fourth-order valence-corrected chi connectivity index (χ4v) is 4.58. The van der Waals surface area contributed by atoms with Crippen molar-refractivity contribution in [1.29, 1.82) is 0 Å². The van der Waals surface area contributed by atoms with Crippen molar-refractivity contribution in [3.63, 3.8) is 0 Å². The van der Waals surface area contributed by atoms with Crippen LogP contribution in [0.5, 0.6) is 0 Å². The minimum Gasteiger partial charge on any atom is -0.379 e. The number of ether oxygens (including phenoxy) is 1. The van der Waals surface area contributed by atoms with Crippen molar-refractivity contribution < 1.29 is 23.0 Å². The summed E-state index contributed by atoms with van der Waals surface area (Å²) in [6, 6.07) is 9.59. The lowest BCUT2D eigenvalue weighted by molar-refractivity contribution is -0.393. The van der Waals surface area contributed by atoms with Crippen molar-refractivity contribution in [2.45, 2.75) is 11.4 Å². The van der Waals surface area contributed by atoms with Gasteiger partial charge in [0.05, 0.1) is 34.0 Å². The van der Waals surface area contributed by atoms with Crippen molar-refractivity contribution in [1.82, 2.24) is 4.31 Å². The molecule has 1 aliphatic rings. The molecule has 2 aromatic carbocycles. The second kappa shape index (κ2) is 8.51. The van der Waals surface area contributed by atoms with E-state index in [9.17, 15) is 28.6 Å². The molecular formula is C17H18N4O7S. The van der Waals surface area contributed by atoms with Crippen LogP contribution in [0.15, 0.2) is 47.4 Å². The lowest BCUT2D eigenvalue weighted by Crippen LogP contribution is -2.41. The summed E-state index contributed by atoms with van der Waals surface area (Å²) in [6.07, 6.45) is 0. The molecule has 12 heteroatoms. The number of nitrogens with zero attached hydrogens (tertiary/aromatic N) is 3. The molecule has 0 aromatic heterocycles. The normalized spacial score (nSPS) is 15.0. The van der Waals surface area contributed by atoms with E-state index in [4.69, 9.17) is 4.74 Å². The standard InChI is InChI=1S/C17H18N4O7S/c22-20(23)14-5-6-15(16(11-14)21(24)25)18-12-13-3-1-2-4-17(13)29(26,27)19-7-9-28-10-8-19/h1-6,11,18H,7-10,12H2. The van der Waals surface area contributed by atoms with Gasteiger partial charge in [-0.05, 0) is 17.7 Å². The molecule has 1 fully saturated rings. The van der Waals surface area contributed by atoms with Gasteiger partial charge in [-0.2, -0.15) is 4.31 Å². The Labute approximate surface area is 166 Å². The first kappa shape index (κ1) is 20.6. The van der Waals surface area contributed by atoms with Crippen LogP contribution in [0.25, 0.3) is 0 Å². The zero-order valence-electron chi connectivity index (χ0n) is 15.2. The van der Waals surface area contributed by atoms with Gasteiger partial charge in [0.25, 0.3) is 11.4 Å². The Morgan fingerprint density at radius 1 is 1.03 bits per heavy atom. The lowest BCUT2D eigenvalue weighted by atomic mass is 10.2. The van der Waals surface area contributed by atoms with Crippen LogP contribution < -0.4 is 5.32 Å². The number of benzene rings is 2. The summed E-state index contributed by atoms with van der Waals surface area (Å²) in [4.78, 5) is 20.8. The molecule has 3 rings (SSSR count). The molecule has 0 saturated carbocycles. The van der Waals surface area contributed by atoms with E-state index >= 15 is 0 Å². The van der Waals surface area contributed by atoms with Crippen molar-refractivity contribution in [3.05, 3.63) is 68.3 Å². The quantitative estimate of drug-likeness (QED) is 0.528. The molecular weight excluding hydrogens is 404 g/mol. The molecule has 0 spiro atoms. The molecule has 1 saturated heterocycles. The molecule has 0 bridgehead atoms. The fraction of sp³-hybridized carbons (Fsp3) is 0.294. The molecule has 11 nitrogen and oxygen atoms in total. The minimum absolute atomic E-state index is 0.0155. The van der Waals surface area contributed by atoms with Gasteiger partial charge in [0.2, 0.25) is 10.0 Å². The molecule has 29 heavy (non-hydrogen) atoms. The second-order valence-electron chi connectivity index (χ2n) is 6.19. The Hall–Kier alpha value is -3.09. The van der Waals surface area contributed by atoms with E-state index in [0.717, 1.165) is 12.1 Å². The van der Waals surface area contributed by atoms with Gasteiger partial charge in [-0.15, -0.1) is 0 Å². The van der Waals surface area contributed by atoms with E-state index in [0.29, 0.717) is 18.8 Å². The predicted octanol–water partition coefficient (Wildman–Crippen LogP) is 2.14. The maximum atomic E-state index is 13.0. The Balaban J connectivity index is 1.87. The molecule has 0 amide bonds. The Bertz CT molecular complexity index is 1040. The topological polar surface area (TPSA) is 145 Å². The van der Waals surface area contributed by atoms with Crippen LogP contribution in [-0.2, 0) is 21.3 Å². The maximum absolute atomic E-state index is 13.0. The number of nitro groups is 2. The molecule has 1 aliphatic heterocycles. The summed E-state index contributed by atoms with van der Waals surface area (Å²) in [5.41, 5.74) is -0.393. The molecule has 154 valence electrons. The number of sulfonamides is 1. The highest BCUT2D eigenvalue weighted by Crippen LogP contribution is 2.30. The first-order valence-corrected chi connectivity index (χ1v) is 10.1. The van der Waals surface area contributed by atoms with Gasteiger partial charge < -0.3 is 10.1 Å². The van der Waals surface area contributed by atoms with Gasteiger partial charge in [-0.25, -0.2) is 8.42 Å².